The molecule has 1 N–H and O–H groups in total. The van der Waals surface area contributed by atoms with Crippen molar-refractivity contribution in [2.75, 3.05) is 0 Å². The molecule has 78 valence electrons. The minimum atomic E-state index is -0.694. The Bertz CT molecular complexity index is 309. The predicted molar refractivity (Wildman–Crippen MR) is 55.6 cm³/mol. The molecule has 1 nitrogen and oxygen atoms in total. The molecule has 0 amide bonds. The van der Waals surface area contributed by atoms with E-state index in [4.69, 9.17) is 0 Å². The Balaban J connectivity index is 2.95. The zero-order valence-corrected chi connectivity index (χ0v) is 8.92. The fraction of sp³-hybridized carbons (Fsp3) is 0.500. The van der Waals surface area contributed by atoms with Gasteiger partial charge in [-0.15, -0.1) is 0 Å². The fourth-order valence-corrected chi connectivity index (χ4v) is 1.40. The highest BCUT2D eigenvalue weighted by Crippen LogP contribution is 2.26. The van der Waals surface area contributed by atoms with E-state index in [0.29, 0.717) is 5.56 Å². The van der Waals surface area contributed by atoms with Crippen molar-refractivity contribution in [3.8, 4) is 0 Å². The lowest BCUT2D eigenvalue weighted by Crippen LogP contribution is -2.10. The molecule has 0 aliphatic carbocycles. The van der Waals surface area contributed by atoms with Gasteiger partial charge < -0.3 is 5.11 Å². The maximum Gasteiger partial charge on any atom is 0.129 e. The monoisotopic (exact) mass is 196 g/mol. The van der Waals surface area contributed by atoms with Crippen LogP contribution >= 0.6 is 0 Å². The van der Waals surface area contributed by atoms with Gasteiger partial charge in [-0.05, 0) is 24.5 Å². The molecular formula is C12H17FO. The minimum Gasteiger partial charge on any atom is -0.388 e. The lowest BCUT2D eigenvalue weighted by atomic mass is 9.94. The van der Waals surface area contributed by atoms with E-state index in [2.05, 4.69) is 0 Å². The van der Waals surface area contributed by atoms with Gasteiger partial charge in [0.2, 0.25) is 0 Å². The molecule has 0 saturated carbocycles. The lowest BCUT2D eigenvalue weighted by molar-refractivity contribution is 0.111. The molecule has 0 spiro atoms. The van der Waals surface area contributed by atoms with E-state index < -0.39 is 6.10 Å². The second-order valence-corrected chi connectivity index (χ2v) is 3.86. The van der Waals surface area contributed by atoms with Crippen LogP contribution in [0.15, 0.2) is 18.2 Å². The van der Waals surface area contributed by atoms with E-state index in [1.54, 1.807) is 6.07 Å². The molecule has 14 heavy (non-hydrogen) atoms. The number of benzene rings is 1. The zero-order valence-electron chi connectivity index (χ0n) is 8.92. The summed E-state index contributed by atoms with van der Waals surface area (Å²) >= 11 is 0. The van der Waals surface area contributed by atoms with Crippen LogP contribution in [0.2, 0.25) is 0 Å². The van der Waals surface area contributed by atoms with Crippen LogP contribution in [0.5, 0.6) is 0 Å². The molecule has 0 fully saturated rings. The fourth-order valence-electron chi connectivity index (χ4n) is 1.40. The summed E-state index contributed by atoms with van der Waals surface area (Å²) in [6.07, 6.45) is 0.148. The molecule has 2 unspecified atom stereocenters. The maximum absolute atomic E-state index is 13.4. The summed E-state index contributed by atoms with van der Waals surface area (Å²) in [5.74, 6) is -0.218. The Morgan fingerprint density at radius 3 is 2.57 bits per heavy atom. The summed E-state index contributed by atoms with van der Waals surface area (Å²) < 4.78 is 13.4. The topological polar surface area (TPSA) is 20.2 Å². The van der Waals surface area contributed by atoms with Crippen LogP contribution in [0.4, 0.5) is 4.39 Å². The molecule has 0 aliphatic rings. The van der Waals surface area contributed by atoms with Crippen molar-refractivity contribution in [1.82, 2.24) is 0 Å². The largest absolute Gasteiger partial charge is 0.388 e. The summed E-state index contributed by atoms with van der Waals surface area (Å²) in [7, 11) is 0. The van der Waals surface area contributed by atoms with E-state index in [9.17, 15) is 9.50 Å². The highest BCUT2D eigenvalue weighted by atomic mass is 19.1. The number of hydrogen-bond acceptors (Lipinski definition) is 1. The Morgan fingerprint density at radius 2 is 2.07 bits per heavy atom. The van der Waals surface area contributed by atoms with Crippen molar-refractivity contribution in [3.63, 3.8) is 0 Å². The van der Waals surface area contributed by atoms with Gasteiger partial charge in [-0.3, -0.25) is 0 Å². The van der Waals surface area contributed by atoms with Crippen molar-refractivity contribution >= 4 is 0 Å². The molecule has 0 bridgehead atoms. The first kappa shape index (κ1) is 11.2. The number of aliphatic hydroxyl groups excluding tert-OH is 1. The number of rotatable bonds is 3. The average molecular weight is 196 g/mol. The normalized spacial score (nSPS) is 15.2. The summed E-state index contributed by atoms with van der Waals surface area (Å²) in [6, 6.07) is 4.95. The Hall–Kier alpha value is -0.890. The third kappa shape index (κ3) is 2.32. The average Bonchev–Trinajstić information content (AvgIpc) is 2.15. The van der Waals surface area contributed by atoms with E-state index >= 15 is 0 Å². The highest BCUT2D eigenvalue weighted by Gasteiger charge is 2.17. The standard InChI is InChI=1S/C12H17FO/c1-4-9(3)12(14)10-6-5-8(2)7-11(10)13/h5-7,9,12,14H,4H2,1-3H3. The smallest absolute Gasteiger partial charge is 0.129 e. The van der Waals surface area contributed by atoms with Crippen molar-refractivity contribution in [2.24, 2.45) is 5.92 Å². The molecule has 1 aromatic carbocycles. The molecule has 0 aromatic heterocycles. The van der Waals surface area contributed by atoms with E-state index in [1.807, 2.05) is 26.8 Å². The van der Waals surface area contributed by atoms with Crippen molar-refractivity contribution in [2.45, 2.75) is 33.3 Å². The third-order valence-electron chi connectivity index (χ3n) is 2.66. The third-order valence-corrected chi connectivity index (χ3v) is 2.66. The molecule has 0 heterocycles. The minimum absolute atomic E-state index is 0.0900. The highest BCUT2D eigenvalue weighted by molar-refractivity contribution is 5.25. The maximum atomic E-state index is 13.4. The first-order valence-electron chi connectivity index (χ1n) is 5.00. The van der Waals surface area contributed by atoms with Crippen LogP contribution in [-0.2, 0) is 0 Å². The number of halogens is 1. The van der Waals surface area contributed by atoms with Gasteiger partial charge in [-0.1, -0.05) is 32.4 Å². The van der Waals surface area contributed by atoms with Crippen LogP contribution in [-0.4, -0.2) is 5.11 Å². The summed E-state index contributed by atoms with van der Waals surface area (Å²) in [5, 5.41) is 9.82. The van der Waals surface area contributed by atoms with Gasteiger partial charge >= 0.3 is 0 Å². The Kier molecular flexibility index (Phi) is 3.64. The van der Waals surface area contributed by atoms with Crippen LogP contribution in [0.25, 0.3) is 0 Å². The summed E-state index contributed by atoms with van der Waals surface area (Å²) in [5.41, 5.74) is 1.28. The molecule has 0 aliphatic heterocycles. The molecule has 2 heteroatoms. The molecular weight excluding hydrogens is 179 g/mol. The molecule has 1 aromatic rings. The van der Waals surface area contributed by atoms with Crippen LogP contribution in [0.1, 0.15) is 37.5 Å². The first-order chi connectivity index (χ1) is 6.56. The van der Waals surface area contributed by atoms with E-state index in [1.165, 1.54) is 6.07 Å². The number of aliphatic hydroxyl groups is 1. The second-order valence-electron chi connectivity index (χ2n) is 3.86. The Labute approximate surface area is 84.6 Å². The SMILES string of the molecule is CCC(C)C(O)c1ccc(C)cc1F. The van der Waals surface area contributed by atoms with Gasteiger partial charge in [0.1, 0.15) is 5.82 Å². The Morgan fingerprint density at radius 1 is 1.43 bits per heavy atom. The van der Waals surface area contributed by atoms with E-state index in [0.717, 1.165) is 12.0 Å². The first-order valence-corrected chi connectivity index (χ1v) is 5.00. The number of aryl methyl sites for hydroxylation is 1. The van der Waals surface area contributed by atoms with Gasteiger partial charge in [-0.25, -0.2) is 4.39 Å². The van der Waals surface area contributed by atoms with Gasteiger partial charge in [0.25, 0.3) is 0 Å². The molecule has 2 atom stereocenters. The second kappa shape index (κ2) is 4.56. The molecule has 0 radical (unpaired) electrons. The summed E-state index contributed by atoms with van der Waals surface area (Å²) in [6.45, 7) is 5.74. The van der Waals surface area contributed by atoms with Crippen LogP contribution < -0.4 is 0 Å². The predicted octanol–water partition coefficient (Wildman–Crippen LogP) is 3.21. The van der Waals surface area contributed by atoms with E-state index in [-0.39, 0.29) is 11.7 Å². The van der Waals surface area contributed by atoms with Crippen LogP contribution in [0, 0.1) is 18.7 Å². The number of hydrogen-bond donors (Lipinski definition) is 1. The molecule has 0 saturated heterocycles. The van der Waals surface area contributed by atoms with Crippen molar-refractivity contribution < 1.29 is 9.50 Å². The zero-order chi connectivity index (χ0) is 10.7. The quantitative estimate of drug-likeness (QED) is 0.787. The van der Waals surface area contributed by atoms with Gasteiger partial charge in [0, 0.05) is 5.56 Å². The lowest BCUT2D eigenvalue weighted by Gasteiger charge is -2.18. The van der Waals surface area contributed by atoms with Gasteiger partial charge in [0.05, 0.1) is 6.10 Å². The van der Waals surface area contributed by atoms with Crippen molar-refractivity contribution in [1.29, 1.82) is 0 Å². The van der Waals surface area contributed by atoms with Gasteiger partial charge in [0.15, 0.2) is 0 Å². The van der Waals surface area contributed by atoms with Gasteiger partial charge in [-0.2, -0.15) is 0 Å². The molecule has 1 rings (SSSR count). The van der Waals surface area contributed by atoms with Crippen LogP contribution in [0.3, 0.4) is 0 Å². The van der Waals surface area contributed by atoms with Crippen molar-refractivity contribution in [3.05, 3.63) is 35.1 Å². The summed E-state index contributed by atoms with van der Waals surface area (Å²) in [4.78, 5) is 0.